The van der Waals surface area contributed by atoms with Gasteiger partial charge in [-0.05, 0) is 43.2 Å². The number of halogens is 1. The van der Waals surface area contributed by atoms with E-state index in [0.29, 0.717) is 34.0 Å². The van der Waals surface area contributed by atoms with E-state index in [1.807, 2.05) is 12.1 Å². The van der Waals surface area contributed by atoms with E-state index in [1.165, 1.54) is 6.07 Å². The van der Waals surface area contributed by atoms with Crippen molar-refractivity contribution >= 4 is 34.5 Å². The molecule has 2 aromatic carbocycles. The topological polar surface area (TPSA) is 90.8 Å². The summed E-state index contributed by atoms with van der Waals surface area (Å²) in [6, 6.07) is 10.4. The van der Waals surface area contributed by atoms with Crippen LogP contribution in [0.5, 0.6) is 5.75 Å². The minimum atomic E-state index is -0.424. The Kier molecular flexibility index (Phi) is 6.79. The van der Waals surface area contributed by atoms with Gasteiger partial charge in [-0.1, -0.05) is 30.3 Å². The van der Waals surface area contributed by atoms with Gasteiger partial charge < -0.3 is 4.74 Å². The Morgan fingerprint density at radius 3 is 2.54 bits per heavy atom. The van der Waals surface area contributed by atoms with Crippen molar-refractivity contribution in [2.45, 2.75) is 20.3 Å². The number of nitro groups is 1. The monoisotopic (exact) mass is 391 g/mol. The highest BCUT2D eigenvalue weighted by atomic mass is 35.5. The Hall–Kier alpha value is -2.35. The zero-order valence-electron chi connectivity index (χ0n) is 14.4. The van der Waals surface area contributed by atoms with Gasteiger partial charge in [-0.25, -0.2) is 4.99 Å². The van der Waals surface area contributed by atoms with Crippen LogP contribution < -0.4 is 9.88 Å². The van der Waals surface area contributed by atoms with E-state index in [1.54, 1.807) is 32.0 Å². The standard InChI is InChI=1S/C18H18ClN3O3S/c1-11-9-17(12(2)8-16(11)22(23)24)25-18(26-20)21-13(3)10-14-4-6-15(19)7-5-14/h4-9H,3,10,20H2,1-2H3. The summed E-state index contributed by atoms with van der Waals surface area (Å²) in [4.78, 5) is 14.9. The van der Waals surface area contributed by atoms with Crippen LogP contribution in [0.4, 0.5) is 5.69 Å². The minimum Gasteiger partial charge on any atom is -0.433 e. The average Bonchev–Trinajstić information content (AvgIpc) is 2.58. The summed E-state index contributed by atoms with van der Waals surface area (Å²) < 4.78 is 5.72. The van der Waals surface area contributed by atoms with Crippen molar-refractivity contribution < 1.29 is 9.66 Å². The van der Waals surface area contributed by atoms with E-state index in [-0.39, 0.29) is 10.9 Å². The normalized spacial score (nSPS) is 11.3. The fourth-order valence-electron chi connectivity index (χ4n) is 2.25. The summed E-state index contributed by atoms with van der Waals surface area (Å²) in [5, 5.41) is 17.5. The maximum Gasteiger partial charge on any atom is 0.272 e. The molecule has 6 nitrogen and oxygen atoms in total. The van der Waals surface area contributed by atoms with Gasteiger partial charge in [-0.15, -0.1) is 0 Å². The van der Waals surface area contributed by atoms with Crippen LogP contribution >= 0.6 is 23.5 Å². The van der Waals surface area contributed by atoms with E-state index < -0.39 is 4.92 Å². The third-order valence-corrected chi connectivity index (χ3v) is 4.19. The first-order valence-electron chi connectivity index (χ1n) is 7.61. The second-order valence-corrected chi connectivity index (χ2v) is 6.65. The number of allylic oxidation sites excluding steroid dienone is 1. The van der Waals surface area contributed by atoms with Crippen molar-refractivity contribution in [3.05, 3.63) is 80.5 Å². The van der Waals surface area contributed by atoms with Gasteiger partial charge >= 0.3 is 0 Å². The Bertz CT molecular complexity index is 867. The first-order chi connectivity index (χ1) is 12.3. The molecule has 0 saturated heterocycles. The number of nitrogens with zero attached hydrogens (tertiary/aromatic N) is 2. The highest BCUT2D eigenvalue weighted by Crippen LogP contribution is 2.28. The highest BCUT2D eigenvalue weighted by molar-refractivity contribution is 8.11. The third kappa shape index (κ3) is 5.32. The molecule has 0 bridgehead atoms. The molecule has 0 saturated carbocycles. The lowest BCUT2D eigenvalue weighted by Gasteiger charge is -2.11. The van der Waals surface area contributed by atoms with Crippen molar-refractivity contribution in [2.75, 3.05) is 0 Å². The lowest BCUT2D eigenvalue weighted by atomic mass is 10.1. The van der Waals surface area contributed by atoms with Crippen molar-refractivity contribution in [3.63, 3.8) is 0 Å². The first-order valence-corrected chi connectivity index (χ1v) is 8.87. The van der Waals surface area contributed by atoms with Gasteiger partial charge in [0.15, 0.2) is 0 Å². The number of hydrogen-bond donors (Lipinski definition) is 1. The second kappa shape index (κ2) is 8.84. The number of aryl methyl sites for hydroxylation is 2. The fraction of sp³-hybridized carbons (Fsp3) is 0.167. The Labute approximate surface area is 161 Å². The van der Waals surface area contributed by atoms with E-state index in [0.717, 1.165) is 17.5 Å². The molecule has 0 aliphatic heterocycles. The minimum absolute atomic E-state index is 0.0425. The Morgan fingerprint density at radius 1 is 1.31 bits per heavy atom. The maximum atomic E-state index is 11.0. The summed E-state index contributed by atoms with van der Waals surface area (Å²) in [5.41, 5.74) is 2.73. The Balaban J connectivity index is 2.16. The summed E-state index contributed by atoms with van der Waals surface area (Å²) in [5.74, 6) is 0.462. The van der Waals surface area contributed by atoms with E-state index in [2.05, 4.69) is 11.6 Å². The molecule has 0 fully saturated rings. The molecular weight excluding hydrogens is 374 g/mol. The predicted octanol–water partition coefficient (Wildman–Crippen LogP) is 4.96. The molecule has 26 heavy (non-hydrogen) atoms. The smallest absolute Gasteiger partial charge is 0.272 e. The van der Waals surface area contributed by atoms with Crippen LogP contribution in [0.25, 0.3) is 0 Å². The summed E-state index contributed by atoms with van der Waals surface area (Å²) in [6.07, 6.45) is 0.517. The van der Waals surface area contributed by atoms with Crippen LogP contribution in [0.15, 0.2) is 53.7 Å². The zero-order valence-corrected chi connectivity index (χ0v) is 15.9. The van der Waals surface area contributed by atoms with Gasteiger partial charge in [0.25, 0.3) is 10.9 Å². The second-order valence-electron chi connectivity index (χ2n) is 5.63. The van der Waals surface area contributed by atoms with Crippen LogP contribution in [0.2, 0.25) is 5.02 Å². The van der Waals surface area contributed by atoms with Crippen LogP contribution in [0, 0.1) is 24.0 Å². The molecule has 0 aliphatic carbocycles. The molecular formula is C18H18ClN3O3S. The molecule has 0 unspecified atom stereocenters. The molecule has 0 amide bonds. The van der Waals surface area contributed by atoms with Crippen LogP contribution in [0.1, 0.15) is 16.7 Å². The third-order valence-electron chi connectivity index (χ3n) is 3.56. The average molecular weight is 392 g/mol. The number of benzene rings is 2. The van der Waals surface area contributed by atoms with Gasteiger partial charge in [-0.2, -0.15) is 0 Å². The summed E-state index contributed by atoms with van der Waals surface area (Å²) in [7, 11) is 0. The van der Waals surface area contributed by atoms with E-state index >= 15 is 0 Å². The summed E-state index contributed by atoms with van der Waals surface area (Å²) in [6.45, 7) is 7.29. The fourth-order valence-corrected chi connectivity index (χ4v) is 2.70. The molecule has 0 radical (unpaired) electrons. The number of aliphatic imine (C=N–C) groups is 1. The predicted molar refractivity (Wildman–Crippen MR) is 107 cm³/mol. The molecule has 8 heteroatoms. The first kappa shape index (κ1) is 20.0. The summed E-state index contributed by atoms with van der Waals surface area (Å²) >= 11 is 6.71. The number of hydrogen-bond acceptors (Lipinski definition) is 6. The van der Waals surface area contributed by atoms with Gasteiger partial charge in [0.1, 0.15) is 5.75 Å². The van der Waals surface area contributed by atoms with Gasteiger partial charge in [-0.3, -0.25) is 15.3 Å². The lowest BCUT2D eigenvalue weighted by Crippen LogP contribution is -2.09. The molecule has 2 rings (SSSR count). The zero-order chi connectivity index (χ0) is 19.3. The van der Waals surface area contributed by atoms with Gasteiger partial charge in [0, 0.05) is 40.7 Å². The number of nitro benzene ring substituents is 1. The van der Waals surface area contributed by atoms with Crippen molar-refractivity contribution in [1.82, 2.24) is 0 Å². The largest absolute Gasteiger partial charge is 0.433 e. The molecule has 0 spiro atoms. The van der Waals surface area contributed by atoms with Gasteiger partial charge in [0.05, 0.1) is 4.92 Å². The van der Waals surface area contributed by atoms with Crippen LogP contribution in [0.3, 0.4) is 0 Å². The molecule has 2 N–H and O–H groups in total. The number of nitrogens with two attached hydrogens (primary N) is 1. The maximum absolute atomic E-state index is 11.0. The molecule has 0 aliphatic rings. The van der Waals surface area contributed by atoms with Gasteiger partial charge in [0.2, 0.25) is 0 Å². The molecule has 0 heterocycles. The SMILES string of the molecule is C=C(Cc1ccc(Cl)cc1)N=C(Oc1cc(C)c([N+](=O)[O-])cc1C)SN. The quantitative estimate of drug-likeness (QED) is 0.255. The van der Waals surface area contributed by atoms with E-state index in [9.17, 15) is 10.1 Å². The number of rotatable bonds is 5. The van der Waals surface area contributed by atoms with Crippen molar-refractivity contribution in [3.8, 4) is 5.75 Å². The highest BCUT2D eigenvalue weighted by Gasteiger charge is 2.15. The molecule has 0 aromatic heterocycles. The molecule has 2 aromatic rings. The van der Waals surface area contributed by atoms with E-state index in [4.69, 9.17) is 21.5 Å². The van der Waals surface area contributed by atoms with Crippen molar-refractivity contribution in [1.29, 1.82) is 0 Å². The van der Waals surface area contributed by atoms with Crippen molar-refractivity contribution in [2.24, 2.45) is 10.1 Å². The van der Waals surface area contributed by atoms with Crippen LogP contribution in [-0.4, -0.2) is 10.2 Å². The van der Waals surface area contributed by atoms with Crippen LogP contribution in [-0.2, 0) is 6.42 Å². The molecule has 0 atom stereocenters. The number of ether oxygens (including phenoxy) is 1. The lowest BCUT2D eigenvalue weighted by molar-refractivity contribution is -0.385. The Morgan fingerprint density at radius 2 is 1.96 bits per heavy atom. The molecule has 136 valence electrons.